The fraction of sp³-hybridized carbons (Fsp3) is 0.375. The number of fused-ring (bicyclic) bond motifs is 2. The van der Waals surface area contributed by atoms with Gasteiger partial charge in [0.1, 0.15) is 40.6 Å². The molecule has 0 radical (unpaired) electrons. The van der Waals surface area contributed by atoms with E-state index in [9.17, 15) is 19.1 Å². The highest BCUT2D eigenvalue weighted by Crippen LogP contribution is 2.51. The second-order valence-electron chi connectivity index (χ2n) is 12.1. The molecule has 4 N–H and O–H groups in total. The van der Waals surface area contributed by atoms with Gasteiger partial charge in [0.2, 0.25) is 5.91 Å². The number of halogens is 2. The van der Waals surface area contributed by atoms with Crippen LogP contribution in [-0.2, 0) is 15.8 Å². The van der Waals surface area contributed by atoms with Crippen LogP contribution < -0.4 is 20.5 Å². The summed E-state index contributed by atoms with van der Waals surface area (Å²) in [6, 6.07) is 9.08. The van der Waals surface area contributed by atoms with Crippen molar-refractivity contribution in [2.75, 3.05) is 20.3 Å². The average molecular weight is 621 g/mol. The Hall–Kier alpha value is -4.22. The molecule has 0 spiro atoms. The summed E-state index contributed by atoms with van der Waals surface area (Å²) in [6.07, 6.45) is 3.40. The third kappa shape index (κ3) is 4.57. The van der Waals surface area contributed by atoms with Gasteiger partial charge in [-0.1, -0.05) is 23.7 Å². The molecule has 0 bridgehead atoms. The van der Waals surface area contributed by atoms with Crippen molar-refractivity contribution in [2.45, 2.75) is 49.5 Å². The lowest BCUT2D eigenvalue weighted by atomic mass is 9.81. The molecule has 2 aromatic heterocycles. The van der Waals surface area contributed by atoms with E-state index < -0.39 is 28.6 Å². The van der Waals surface area contributed by atoms with Crippen molar-refractivity contribution in [3.05, 3.63) is 69.9 Å². The van der Waals surface area contributed by atoms with Gasteiger partial charge in [0.05, 0.1) is 24.4 Å². The third-order valence-corrected chi connectivity index (χ3v) is 9.31. The quantitative estimate of drug-likeness (QED) is 0.243. The smallest absolute Gasteiger partial charge is 0.251 e. The molecule has 3 aliphatic rings. The highest BCUT2D eigenvalue weighted by Gasteiger charge is 2.50. The number of methoxy groups -OCH3 is 1. The van der Waals surface area contributed by atoms with Gasteiger partial charge in [-0.3, -0.25) is 9.59 Å². The summed E-state index contributed by atoms with van der Waals surface area (Å²) in [7, 11) is 1.50. The van der Waals surface area contributed by atoms with Crippen LogP contribution in [0.1, 0.15) is 66.0 Å². The largest absolute Gasteiger partial charge is 0.494 e. The van der Waals surface area contributed by atoms with Crippen LogP contribution in [0.2, 0.25) is 5.02 Å². The number of ether oxygens (including phenoxy) is 2. The molecule has 2 amide bonds. The number of hydrogen-bond donors (Lipinski definition) is 3. The first kappa shape index (κ1) is 28.5. The molecule has 1 aliphatic heterocycles. The van der Waals surface area contributed by atoms with Gasteiger partial charge in [-0.15, -0.1) is 0 Å². The number of nitrogens with two attached hydrogens (primary N) is 1. The molecule has 2 atom stereocenters. The number of aromatic nitrogens is 2. The number of pyridine rings is 1. The van der Waals surface area contributed by atoms with Crippen LogP contribution in [0, 0.1) is 11.7 Å². The van der Waals surface area contributed by atoms with E-state index in [1.165, 1.54) is 19.2 Å². The van der Waals surface area contributed by atoms with E-state index >= 15 is 0 Å². The summed E-state index contributed by atoms with van der Waals surface area (Å²) in [5, 5.41) is 14.9. The Morgan fingerprint density at radius 1 is 1.23 bits per heavy atom. The summed E-state index contributed by atoms with van der Waals surface area (Å²) in [4.78, 5) is 35.4. The summed E-state index contributed by atoms with van der Waals surface area (Å²) >= 11 is 6.36. The van der Waals surface area contributed by atoms with E-state index in [1.54, 1.807) is 31.2 Å². The Labute approximate surface area is 256 Å². The standard InChI is InChI=1S/C32H30ClFN4O6/c1-31(30(35)40)14-43-27-19(31)12-23(37-25(27)18-4-3-5-20(34)24(18)33)32(41,17-8-9-17)13-36-28(39)16-10-21(42-2)26-22(11-16)44-29(38-26)15-6-7-15/h3-5,10-12,15,17,41H,6-9,13-14H2,1-2H3,(H2,35,40)(H,36,39)/t31-,32+/m0/s1. The molecule has 12 heteroatoms. The van der Waals surface area contributed by atoms with Crippen LogP contribution in [0.3, 0.4) is 0 Å². The number of nitrogens with one attached hydrogen (secondary N) is 1. The molecular formula is C32H30ClFN4O6. The predicted molar refractivity (Wildman–Crippen MR) is 158 cm³/mol. The van der Waals surface area contributed by atoms with Crippen molar-refractivity contribution in [1.82, 2.24) is 15.3 Å². The van der Waals surface area contributed by atoms with E-state index in [2.05, 4.69) is 10.3 Å². The number of oxazole rings is 1. The zero-order chi connectivity index (χ0) is 31.0. The molecular weight excluding hydrogens is 591 g/mol. The number of primary amides is 1. The lowest BCUT2D eigenvalue weighted by Gasteiger charge is -2.30. The number of nitrogens with zero attached hydrogens (tertiary/aromatic N) is 2. The van der Waals surface area contributed by atoms with Crippen molar-refractivity contribution in [1.29, 1.82) is 0 Å². The van der Waals surface area contributed by atoms with E-state index in [-0.39, 0.29) is 58.3 Å². The molecule has 0 saturated heterocycles. The molecule has 228 valence electrons. The monoisotopic (exact) mass is 620 g/mol. The highest BCUT2D eigenvalue weighted by molar-refractivity contribution is 6.33. The molecule has 2 aliphatic carbocycles. The molecule has 2 fully saturated rings. The molecule has 7 rings (SSSR count). The van der Waals surface area contributed by atoms with E-state index in [0.717, 1.165) is 12.8 Å². The number of rotatable bonds is 9. The van der Waals surface area contributed by atoms with Gasteiger partial charge in [0.25, 0.3) is 5.91 Å². The molecule has 4 aromatic rings. The maximum atomic E-state index is 14.5. The zero-order valence-corrected chi connectivity index (χ0v) is 24.8. The minimum Gasteiger partial charge on any atom is -0.494 e. The average Bonchev–Trinajstić information content (AvgIpc) is 3.96. The van der Waals surface area contributed by atoms with Gasteiger partial charge in [-0.2, -0.15) is 0 Å². The van der Waals surface area contributed by atoms with Gasteiger partial charge >= 0.3 is 0 Å². The molecule has 10 nitrogen and oxygen atoms in total. The second-order valence-corrected chi connectivity index (χ2v) is 12.4. The maximum absolute atomic E-state index is 14.5. The first-order valence-corrected chi connectivity index (χ1v) is 14.8. The van der Waals surface area contributed by atoms with Gasteiger partial charge in [-0.05, 0) is 62.8 Å². The number of benzene rings is 2. The fourth-order valence-electron chi connectivity index (χ4n) is 5.81. The number of amides is 2. The van der Waals surface area contributed by atoms with Crippen molar-refractivity contribution >= 4 is 34.5 Å². The second kappa shape index (κ2) is 10.2. The highest BCUT2D eigenvalue weighted by atomic mass is 35.5. The van der Waals surface area contributed by atoms with Gasteiger partial charge < -0.3 is 30.0 Å². The van der Waals surface area contributed by atoms with E-state index in [1.807, 2.05) is 0 Å². The van der Waals surface area contributed by atoms with Gasteiger partial charge in [0, 0.05) is 22.6 Å². The summed E-state index contributed by atoms with van der Waals surface area (Å²) in [5.41, 5.74) is 5.18. The van der Waals surface area contributed by atoms with E-state index in [0.29, 0.717) is 41.1 Å². The Bertz CT molecular complexity index is 1850. The fourth-order valence-corrected chi connectivity index (χ4v) is 6.02. The zero-order valence-electron chi connectivity index (χ0n) is 24.1. The lowest BCUT2D eigenvalue weighted by Crippen LogP contribution is -2.44. The normalized spacial score (nSPS) is 20.6. The Morgan fingerprint density at radius 2 is 2.00 bits per heavy atom. The summed E-state index contributed by atoms with van der Waals surface area (Å²) in [6.45, 7) is 1.38. The van der Waals surface area contributed by atoms with Crippen LogP contribution in [0.4, 0.5) is 4.39 Å². The summed E-state index contributed by atoms with van der Waals surface area (Å²) in [5.74, 6) is -0.434. The van der Waals surface area contributed by atoms with E-state index in [4.69, 9.17) is 36.2 Å². The Balaban J connectivity index is 1.27. The molecule has 2 saturated carbocycles. The minimum absolute atomic E-state index is 0.0598. The van der Waals surface area contributed by atoms with Gasteiger partial charge in [-0.25, -0.2) is 14.4 Å². The number of carbonyl (C=O) groups is 2. The number of hydrogen-bond acceptors (Lipinski definition) is 8. The van der Waals surface area contributed by atoms with Crippen molar-refractivity contribution in [3.8, 4) is 22.8 Å². The Morgan fingerprint density at radius 3 is 2.68 bits per heavy atom. The molecule has 44 heavy (non-hydrogen) atoms. The third-order valence-electron chi connectivity index (χ3n) is 8.92. The number of carbonyl (C=O) groups excluding carboxylic acids is 2. The molecule has 0 unspecified atom stereocenters. The maximum Gasteiger partial charge on any atom is 0.251 e. The topological polar surface area (TPSA) is 150 Å². The van der Waals surface area contributed by atoms with Crippen molar-refractivity contribution in [3.63, 3.8) is 0 Å². The van der Waals surface area contributed by atoms with Crippen molar-refractivity contribution in [2.24, 2.45) is 11.7 Å². The van der Waals surface area contributed by atoms with Crippen LogP contribution in [0.15, 0.2) is 40.8 Å². The lowest BCUT2D eigenvalue weighted by molar-refractivity contribution is -0.123. The van der Waals surface area contributed by atoms with Crippen LogP contribution in [-0.4, -0.2) is 47.2 Å². The minimum atomic E-state index is -1.64. The Kier molecular flexibility index (Phi) is 6.60. The SMILES string of the molecule is COc1cc(C(=O)NC[C@](O)(c2cc3c(c(-c4cccc(F)c4Cl)n2)OC[C@]3(C)C(N)=O)C2CC2)cc2oc(C3CC3)nc12. The van der Waals surface area contributed by atoms with Crippen LogP contribution >= 0.6 is 11.6 Å². The first-order chi connectivity index (χ1) is 21.0. The van der Waals surface area contributed by atoms with Crippen LogP contribution in [0.5, 0.6) is 11.5 Å². The predicted octanol–water partition coefficient (Wildman–Crippen LogP) is 4.73. The first-order valence-electron chi connectivity index (χ1n) is 14.5. The van der Waals surface area contributed by atoms with Crippen molar-refractivity contribution < 1.29 is 33.0 Å². The van der Waals surface area contributed by atoms with Gasteiger partial charge in [0.15, 0.2) is 17.0 Å². The van der Waals surface area contributed by atoms with Crippen LogP contribution in [0.25, 0.3) is 22.4 Å². The summed E-state index contributed by atoms with van der Waals surface area (Å²) < 4.78 is 31.9. The molecule has 2 aromatic carbocycles. The molecule has 3 heterocycles. The number of aliphatic hydroxyl groups is 1.